The van der Waals surface area contributed by atoms with E-state index in [1.54, 1.807) is 0 Å². The van der Waals surface area contributed by atoms with Crippen molar-refractivity contribution in [2.75, 3.05) is 31.7 Å². The van der Waals surface area contributed by atoms with E-state index < -0.39 is 17.2 Å². The largest absolute Gasteiger partial charge is 0.483 e. The van der Waals surface area contributed by atoms with Crippen LogP contribution >= 0.6 is 11.8 Å². The summed E-state index contributed by atoms with van der Waals surface area (Å²) in [5.74, 6) is 0.376. The number of piperidine rings is 1. The standard InChI is InChI=1S/C18H28N4O3S.CH2O2/c1-17(21-15(23)12-26-2)5-8-25-18(16(17)24)3-6-22(7-4-18)11-14-9-19-13-20-10-14;2-1-3/h9-10,13,16,24H,3-8,11-12H2,1-2H3,(H,21,23);1H,(H,2,3)/t16-,17+;/m0./s1. The highest BCUT2D eigenvalue weighted by atomic mass is 32.2. The second kappa shape index (κ2) is 10.9. The normalized spacial score (nSPS) is 26.2. The number of carbonyl (C=O) groups is 2. The van der Waals surface area contributed by atoms with Crippen molar-refractivity contribution in [3.05, 3.63) is 24.3 Å². The molecule has 162 valence electrons. The number of aliphatic hydroxyl groups excluding tert-OH is 1. The maximum atomic E-state index is 12.1. The molecule has 3 heterocycles. The second-order valence-corrected chi connectivity index (χ2v) is 8.46. The number of carboxylic acid groups (broad SMARTS) is 1. The highest BCUT2D eigenvalue weighted by Gasteiger charge is 2.53. The Morgan fingerprint density at radius 1 is 1.38 bits per heavy atom. The summed E-state index contributed by atoms with van der Waals surface area (Å²) in [6.07, 6.45) is 8.51. The molecule has 0 unspecified atom stereocenters. The van der Waals surface area contributed by atoms with Crippen molar-refractivity contribution in [1.82, 2.24) is 20.2 Å². The molecule has 2 aliphatic rings. The van der Waals surface area contributed by atoms with Crippen LogP contribution in [0.2, 0.25) is 0 Å². The molecule has 2 atom stereocenters. The van der Waals surface area contributed by atoms with Gasteiger partial charge in [0.05, 0.1) is 16.9 Å². The van der Waals surface area contributed by atoms with Gasteiger partial charge in [-0.05, 0) is 32.4 Å². The highest BCUT2D eigenvalue weighted by molar-refractivity contribution is 7.99. The Labute approximate surface area is 175 Å². The van der Waals surface area contributed by atoms with Gasteiger partial charge < -0.3 is 20.3 Å². The van der Waals surface area contributed by atoms with Gasteiger partial charge in [0.25, 0.3) is 6.47 Å². The number of aliphatic hydroxyl groups is 1. The Balaban J connectivity index is 0.000000941. The monoisotopic (exact) mass is 426 g/mol. The van der Waals surface area contributed by atoms with Crippen LogP contribution in [-0.2, 0) is 20.9 Å². The van der Waals surface area contributed by atoms with Crippen LogP contribution in [0.15, 0.2) is 18.7 Å². The number of rotatable bonds is 5. The number of hydrogen-bond donors (Lipinski definition) is 3. The minimum atomic E-state index is -0.711. The number of aromatic nitrogens is 2. The van der Waals surface area contributed by atoms with Gasteiger partial charge in [-0.15, -0.1) is 0 Å². The number of nitrogens with zero attached hydrogens (tertiary/aromatic N) is 3. The molecular formula is C19H30N4O5S. The zero-order valence-electron chi connectivity index (χ0n) is 16.9. The maximum Gasteiger partial charge on any atom is 0.290 e. The predicted molar refractivity (Wildman–Crippen MR) is 109 cm³/mol. The lowest BCUT2D eigenvalue weighted by Crippen LogP contribution is -2.69. The SMILES string of the molecule is CSCC(=O)N[C@]1(C)CCOC2(CCN(Cc3cncnc3)CC2)[C@H]1O.O=CO. The van der Waals surface area contributed by atoms with Crippen molar-refractivity contribution in [1.29, 1.82) is 0 Å². The van der Waals surface area contributed by atoms with Crippen LogP contribution in [0.4, 0.5) is 0 Å². The lowest BCUT2D eigenvalue weighted by Gasteiger charge is -2.53. The first kappa shape index (κ1) is 23.5. The molecule has 1 amide bonds. The predicted octanol–water partition coefficient (Wildman–Crippen LogP) is 0.531. The molecule has 2 fully saturated rings. The third kappa shape index (κ3) is 6.11. The molecule has 1 aromatic heterocycles. The minimum absolute atomic E-state index is 0.0300. The fraction of sp³-hybridized carbons (Fsp3) is 0.684. The number of likely N-dealkylation sites (tertiary alicyclic amines) is 1. The molecule has 3 N–H and O–H groups in total. The van der Waals surface area contributed by atoms with Gasteiger partial charge in [-0.2, -0.15) is 11.8 Å². The molecular weight excluding hydrogens is 396 g/mol. The van der Waals surface area contributed by atoms with Crippen LogP contribution < -0.4 is 5.32 Å². The van der Waals surface area contributed by atoms with Crippen LogP contribution in [0.5, 0.6) is 0 Å². The van der Waals surface area contributed by atoms with Gasteiger partial charge in [0.2, 0.25) is 5.91 Å². The Kier molecular flexibility index (Phi) is 8.81. The number of thioether (sulfide) groups is 1. The van der Waals surface area contributed by atoms with E-state index in [4.69, 9.17) is 14.6 Å². The van der Waals surface area contributed by atoms with Crippen molar-refractivity contribution in [3.8, 4) is 0 Å². The van der Waals surface area contributed by atoms with Crippen molar-refractivity contribution in [2.24, 2.45) is 0 Å². The number of ether oxygens (including phenoxy) is 1. The highest BCUT2D eigenvalue weighted by Crippen LogP contribution is 2.40. The zero-order valence-corrected chi connectivity index (χ0v) is 17.7. The summed E-state index contributed by atoms with van der Waals surface area (Å²) in [4.78, 5) is 30.9. The molecule has 2 aliphatic heterocycles. The van der Waals surface area contributed by atoms with Crippen LogP contribution in [-0.4, -0.2) is 86.4 Å². The van der Waals surface area contributed by atoms with Crippen LogP contribution in [0.1, 0.15) is 31.7 Å². The molecule has 9 nitrogen and oxygen atoms in total. The molecule has 2 saturated heterocycles. The van der Waals surface area contributed by atoms with Gasteiger partial charge in [0.1, 0.15) is 12.4 Å². The Morgan fingerprint density at radius 3 is 2.59 bits per heavy atom. The number of nitrogens with one attached hydrogen (secondary N) is 1. The second-order valence-electron chi connectivity index (χ2n) is 7.59. The van der Waals surface area contributed by atoms with Gasteiger partial charge in [-0.1, -0.05) is 0 Å². The van der Waals surface area contributed by atoms with E-state index in [0.717, 1.165) is 38.0 Å². The lowest BCUT2D eigenvalue weighted by molar-refractivity contribution is -0.208. The van der Waals surface area contributed by atoms with E-state index in [0.29, 0.717) is 18.8 Å². The van der Waals surface area contributed by atoms with Gasteiger partial charge in [-0.3, -0.25) is 14.5 Å². The average Bonchev–Trinajstić information content (AvgIpc) is 2.69. The fourth-order valence-corrected chi connectivity index (χ4v) is 4.39. The number of carbonyl (C=O) groups excluding carboxylic acids is 1. The summed E-state index contributed by atoms with van der Waals surface area (Å²) in [6.45, 7) is 4.71. The maximum absolute atomic E-state index is 12.1. The lowest BCUT2D eigenvalue weighted by atomic mass is 9.73. The molecule has 0 saturated carbocycles. The summed E-state index contributed by atoms with van der Waals surface area (Å²) in [7, 11) is 0. The van der Waals surface area contributed by atoms with Gasteiger partial charge in [0, 0.05) is 44.2 Å². The summed E-state index contributed by atoms with van der Waals surface area (Å²) in [5, 5.41) is 21.0. The Morgan fingerprint density at radius 2 is 2.00 bits per heavy atom. The minimum Gasteiger partial charge on any atom is -0.483 e. The van der Waals surface area contributed by atoms with E-state index in [-0.39, 0.29) is 12.4 Å². The van der Waals surface area contributed by atoms with Crippen LogP contribution in [0, 0.1) is 0 Å². The average molecular weight is 427 g/mol. The molecule has 0 aliphatic carbocycles. The molecule has 0 radical (unpaired) electrons. The molecule has 1 aromatic rings. The van der Waals surface area contributed by atoms with E-state index in [1.165, 1.54) is 18.1 Å². The molecule has 29 heavy (non-hydrogen) atoms. The number of amides is 1. The summed E-state index contributed by atoms with van der Waals surface area (Å²) >= 11 is 1.48. The Bertz CT molecular complexity index is 657. The smallest absolute Gasteiger partial charge is 0.290 e. The summed E-state index contributed by atoms with van der Waals surface area (Å²) < 4.78 is 6.10. The first-order chi connectivity index (χ1) is 13.9. The first-order valence-electron chi connectivity index (χ1n) is 9.55. The number of hydrogen-bond acceptors (Lipinski definition) is 8. The van der Waals surface area contributed by atoms with Crippen molar-refractivity contribution in [3.63, 3.8) is 0 Å². The Hall–Kier alpha value is -1.75. The fourth-order valence-electron chi connectivity index (χ4n) is 4.06. The quantitative estimate of drug-likeness (QED) is 0.578. The van der Waals surface area contributed by atoms with Gasteiger partial charge >= 0.3 is 0 Å². The molecule has 0 bridgehead atoms. The molecule has 3 rings (SSSR count). The topological polar surface area (TPSA) is 125 Å². The summed E-state index contributed by atoms with van der Waals surface area (Å²) in [5.41, 5.74) is -0.133. The van der Waals surface area contributed by atoms with Gasteiger partial charge in [-0.25, -0.2) is 9.97 Å². The molecule has 0 aromatic carbocycles. The van der Waals surface area contributed by atoms with Gasteiger partial charge in [0.15, 0.2) is 0 Å². The molecule has 10 heteroatoms. The van der Waals surface area contributed by atoms with E-state index in [2.05, 4.69) is 20.2 Å². The zero-order chi connectivity index (χ0) is 21.3. The third-order valence-electron chi connectivity index (χ3n) is 5.54. The third-order valence-corrected chi connectivity index (χ3v) is 6.09. The van der Waals surface area contributed by atoms with Crippen molar-refractivity contribution in [2.45, 2.75) is 50.0 Å². The van der Waals surface area contributed by atoms with Crippen molar-refractivity contribution < 1.29 is 24.5 Å². The van der Waals surface area contributed by atoms with Crippen molar-refractivity contribution >= 4 is 24.1 Å². The van der Waals surface area contributed by atoms with Crippen LogP contribution in [0.25, 0.3) is 0 Å². The first-order valence-corrected chi connectivity index (χ1v) is 10.9. The van der Waals surface area contributed by atoms with E-state index in [1.807, 2.05) is 25.6 Å². The molecule has 1 spiro atoms. The summed E-state index contributed by atoms with van der Waals surface area (Å²) in [6, 6.07) is 0. The van der Waals surface area contributed by atoms with E-state index in [9.17, 15) is 9.90 Å². The van der Waals surface area contributed by atoms with Crippen LogP contribution in [0.3, 0.4) is 0 Å². The van der Waals surface area contributed by atoms with E-state index >= 15 is 0 Å².